The summed E-state index contributed by atoms with van der Waals surface area (Å²) in [6.45, 7) is 9.23. The van der Waals surface area contributed by atoms with Gasteiger partial charge in [0.2, 0.25) is 0 Å². The van der Waals surface area contributed by atoms with Crippen molar-refractivity contribution in [3.05, 3.63) is 0 Å². The average molecular weight is 254 g/mol. The van der Waals surface area contributed by atoms with Gasteiger partial charge in [0.1, 0.15) is 0 Å². The number of hydrogen-bond donors (Lipinski definition) is 1. The van der Waals surface area contributed by atoms with Crippen LogP contribution in [0.15, 0.2) is 0 Å². The van der Waals surface area contributed by atoms with Crippen LogP contribution in [0.2, 0.25) is 0 Å². The first kappa shape index (κ1) is 14.3. The summed E-state index contributed by atoms with van der Waals surface area (Å²) in [5, 5.41) is 3.38. The second-order valence-electron chi connectivity index (χ2n) is 5.89. The molecule has 2 saturated heterocycles. The highest BCUT2D eigenvalue weighted by Crippen LogP contribution is 2.21. The molecule has 0 aromatic heterocycles. The van der Waals surface area contributed by atoms with Gasteiger partial charge in [-0.2, -0.15) is 0 Å². The Kier molecular flexibility index (Phi) is 6.46. The van der Waals surface area contributed by atoms with Crippen molar-refractivity contribution < 1.29 is 4.74 Å². The number of rotatable bonds is 6. The van der Waals surface area contributed by atoms with Gasteiger partial charge in [0.25, 0.3) is 0 Å². The van der Waals surface area contributed by atoms with Crippen LogP contribution in [0.25, 0.3) is 0 Å². The van der Waals surface area contributed by atoms with E-state index in [-0.39, 0.29) is 0 Å². The van der Waals surface area contributed by atoms with E-state index in [2.05, 4.69) is 17.1 Å². The van der Waals surface area contributed by atoms with E-state index in [1.807, 2.05) is 0 Å². The topological polar surface area (TPSA) is 24.5 Å². The summed E-state index contributed by atoms with van der Waals surface area (Å²) in [5.41, 5.74) is 0. The monoisotopic (exact) mass is 254 g/mol. The summed E-state index contributed by atoms with van der Waals surface area (Å²) in [5.74, 6) is 0.997. The van der Waals surface area contributed by atoms with Crippen molar-refractivity contribution in [2.45, 2.75) is 51.6 Å². The Morgan fingerprint density at radius 3 is 2.50 bits per heavy atom. The normalized spacial score (nSPS) is 24.5. The summed E-state index contributed by atoms with van der Waals surface area (Å²) in [6, 6.07) is 0. The van der Waals surface area contributed by atoms with Gasteiger partial charge in [0, 0.05) is 6.54 Å². The Labute approximate surface area is 112 Å². The van der Waals surface area contributed by atoms with E-state index in [1.165, 1.54) is 51.6 Å². The molecular formula is C15H30N2O. The lowest BCUT2D eigenvalue weighted by Gasteiger charge is -2.32. The first-order chi connectivity index (χ1) is 8.88. The highest BCUT2D eigenvalue weighted by atomic mass is 16.5. The van der Waals surface area contributed by atoms with Crippen LogP contribution in [-0.4, -0.2) is 50.3 Å². The van der Waals surface area contributed by atoms with Gasteiger partial charge >= 0.3 is 0 Å². The van der Waals surface area contributed by atoms with Gasteiger partial charge in [-0.3, -0.25) is 0 Å². The van der Waals surface area contributed by atoms with E-state index in [9.17, 15) is 0 Å². The van der Waals surface area contributed by atoms with Gasteiger partial charge in [0.15, 0.2) is 0 Å². The Morgan fingerprint density at radius 2 is 1.83 bits per heavy atom. The second-order valence-corrected chi connectivity index (χ2v) is 5.89. The lowest BCUT2D eigenvalue weighted by Crippen LogP contribution is -2.38. The quantitative estimate of drug-likeness (QED) is 0.787. The van der Waals surface area contributed by atoms with Crippen LogP contribution in [0.5, 0.6) is 0 Å². The fraction of sp³-hybridized carbons (Fsp3) is 1.00. The predicted molar refractivity (Wildman–Crippen MR) is 75.9 cm³/mol. The van der Waals surface area contributed by atoms with Crippen LogP contribution in [0.1, 0.15) is 45.4 Å². The number of nitrogens with one attached hydrogen (secondary N) is 1. The molecule has 0 amide bonds. The molecule has 0 spiro atoms. The number of likely N-dealkylation sites (tertiary alicyclic amines) is 1. The van der Waals surface area contributed by atoms with Crippen molar-refractivity contribution in [3.63, 3.8) is 0 Å². The van der Waals surface area contributed by atoms with Crippen molar-refractivity contribution in [1.82, 2.24) is 10.2 Å². The molecule has 2 fully saturated rings. The summed E-state index contributed by atoms with van der Waals surface area (Å²) in [4.78, 5) is 2.59. The van der Waals surface area contributed by atoms with Gasteiger partial charge in [0.05, 0.1) is 12.7 Å². The van der Waals surface area contributed by atoms with Gasteiger partial charge in [-0.05, 0) is 57.8 Å². The van der Waals surface area contributed by atoms with Crippen molar-refractivity contribution in [2.24, 2.45) is 5.92 Å². The smallest absolute Gasteiger partial charge is 0.0600 e. The Hall–Kier alpha value is -0.120. The summed E-state index contributed by atoms with van der Waals surface area (Å²) in [7, 11) is 0. The lowest BCUT2D eigenvalue weighted by atomic mass is 9.92. The van der Waals surface area contributed by atoms with Gasteiger partial charge in [-0.25, -0.2) is 0 Å². The highest BCUT2D eigenvalue weighted by molar-refractivity contribution is 4.73. The van der Waals surface area contributed by atoms with Crippen LogP contribution in [-0.2, 0) is 4.74 Å². The van der Waals surface area contributed by atoms with E-state index < -0.39 is 0 Å². The maximum Gasteiger partial charge on any atom is 0.0600 e. The zero-order valence-corrected chi connectivity index (χ0v) is 12.0. The molecule has 1 N–H and O–H groups in total. The molecule has 2 heterocycles. The largest absolute Gasteiger partial charge is 0.377 e. The van der Waals surface area contributed by atoms with Crippen LogP contribution in [0.4, 0.5) is 0 Å². The molecule has 0 atom stereocenters. The Morgan fingerprint density at radius 1 is 1.11 bits per heavy atom. The molecule has 106 valence electrons. The zero-order chi connectivity index (χ0) is 12.6. The first-order valence-electron chi connectivity index (χ1n) is 7.93. The zero-order valence-electron chi connectivity index (χ0n) is 12.0. The molecule has 2 rings (SSSR count). The van der Waals surface area contributed by atoms with Crippen LogP contribution >= 0.6 is 0 Å². The van der Waals surface area contributed by atoms with Crippen molar-refractivity contribution in [1.29, 1.82) is 0 Å². The molecule has 0 unspecified atom stereocenters. The minimum absolute atomic E-state index is 0.517. The SMILES string of the molecule is CCCC1CCN(CCOC2CCNCC2)CC1. The number of nitrogens with zero attached hydrogens (tertiary/aromatic N) is 1. The van der Waals surface area contributed by atoms with Gasteiger partial charge in [-0.15, -0.1) is 0 Å². The average Bonchev–Trinajstić information content (AvgIpc) is 2.42. The van der Waals surface area contributed by atoms with E-state index in [1.54, 1.807) is 0 Å². The van der Waals surface area contributed by atoms with Crippen molar-refractivity contribution in [2.75, 3.05) is 39.3 Å². The molecule has 0 radical (unpaired) electrons. The summed E-state index contributed by atoms with van der Waals surface area (Å²) >= 11 is 0. The molecule has 0 aromatic carbocycles. The first-order valence-corrected chi connectivity index (χ1v) is 7.93. The molecule has 2 aliphatic heterocycles. The number of ether oxygens (including phenoxy) is 1. The molecule has 0 aliphatic carbocycles. The minimum atomic E-state index is 0.517. The number of hydrogen-bond acceptors (Lipinski definition) is 3. The van der Waals surface area contributed by atoms with E-state index in [0.717, 1.165) is 32.2 Å². The summed E-state index contributed by atoms with van der Waals surface area (Å²) in [6.07, 6.45) is 8.49. The fourth-order valence-corrected chi connectivity index (χ4v) is 3.22. The maximum absolute atomic E-state index is 5.98. The molecule has 0 aromatic rings. The molecule has 0 saturated carbocycles. The third kappa shape index (κ3) is 4.87. The highest BCUT2D eigenvalue weighted by Gasteiger charge is 2.19. The maximum atomic E-state index is 5.98. The summed E-state index contributed by atoms with van der Waals surface area (Å²) < 4.78 is 5.98. The molecule has 0 bridgehead atoms. The molecule has 2 aliphatic rings. The van der Waals surface area contributed by atoms with Gasteiger partial charge < -0.3 is 15.0 Å². The third-order valence-electron chi connectivity index (χ3n) is 4.45. The van der Waals surface area contributed by atoms with Crippen molar-refractivity contribution in [3.8, 4) is 0 Å². The molecule has 18 heavy (non-hydrogen) atoms. The van der Waals surface area contributed by atoms with Crippen LogP contribution in [0.3, 0.4) is 0 Å². The predicted octanol–water partition coefficient (Wildman–Crippen LogP) is 2.27. The van der Waals surface area contributed by atoms with Crippen molar-refractivity contribution >= 4 is 0 Å². The fourth-order valence-electron chi connectivity index (χ4n) is 3.22. The third-order valence-corrected chi connectivity index (χ3v) is 4.45. The van der Waals surface area contributed by atoms with Gasteiger partial charge in [-0.1, -0.05) is 19.8 Å². The Bertz CT molecular complexity index is 209. The van der Waals surface area contributed by atoms with Crippen LogP contribution in [0, 0.1) is 5.92 Å². The standard InChI is InChI=1S/C15H30N2O/c1-2-3-14-6-10-17(11-7-14)12-13-18-15-4-8-16-9-5-15/h14-16H,2-13H2,1H3. The molecule has 3 heteroatoms. The lowest BCUT2D eigenvalue weighted by molar-refractivity contribution is 0.0154. The molecule has 3 nitrogen and oxygen atoms in total. The Balaban J connectivity index is 1.52. The van der Waals surface area contributed by atoms with E-state index in [4.69, 9.17) is 4.74 Å². The second kappa shape index (κ2) is 8.13. The van der Waals surface area contributed by atoms with E-state index >= 15 is 0 Å². The minimum Gasteiger partial charge on any atom is -0.377 e. The van der Waals surface area contributed by atoms with E-state index in [0.29, 0.717) is 6.10 Å². The molecular weight excluding hydrogens is 224 g/mol. The number of piperidine rings is 2. The van der Waals surface area contributed by atoms with Crippen LogP contribution < -0.4 is 5.32 Å².